The van der Waals surface area contributed by atoms with Crippen molar-refractivity contribution < 1.29 is 20.1 Å². The molecule has 0 fully saturated rings. The van der Waals surface area contributed by atoms with E-state index in [9.17, 15) is 15.0 Å². The van der Waals surface area contributed by atoms with Gasteiger partial charge >= 0.3 is 5.97 Å². The van der Waals surface area contributed by atoms with Crippen molar-refractivity contribution in [3.63, 3.8) is 0 Å². The first-order valence-electron chi connectivity index (χ1n) is 10.6. The minimum Gasteiger partial charge on any atom is -0.481 e. The van der Waals surface area contributed by atoms with Crippen LogP contribution in [0, 0.1) is 0 Å². The van der Waals surface area contributed by atoms with Crippen LogP contribution in [0.15, 0.2) is 0 Å². The molecule has 0 aromatic carbocycles. The van der Waals surface area contributed by atoms with Gasteiger partial charge in [0.15, 0.2) is 0 Å². The fourth-order valence-electron chi connectivity index (χ4n) is 3.16. The van der Waals surface area contributed by atoms with E-state index in [0.29, 0.717) is 6.42 Å². The Morgan fingerprint density at radius 1 is 0.640 bits per heavy atom. The molecule has 0 spiro atoms. The maximum Gasteiger partial charge on any atom is 0.303 e. The van der Waals surface area contributed by atoms with Crippen molar-refractivity contribution in [3.05, 3.63) is 0 Å². The smallest absolute Gasteiger partial charge is 0.303 e. The summed E-state index contributed by atoms with van der Waals surface area (Å²) >= 11 is 0. The third-order valence-corrected chi connectivity index (χ3v) is 4.98. The number of aliphatic hydroxyl groups excluding tert-OH is 2. The molecule has 0 radical (unpaired) electrons. The number of carboxylic acids is 1. The average molecular weight is 359 g/mol. The molecular formula is C21H42O4. The number of hydrogen-bond acceptors (Lipinski definition) is 3. The predicted molar refractivity (Wildman–Crippen MR) is 104 cm³/mol. The molecule has 0 heterocycles. The molecule has 150 valence electrons. The molecule has 0 aliphatic carbocycles. The van der Waals surface area contributed by atoms with Gasteiger partial charge in [0.25, 0.3) is 0 Å². The molecule has 0 bridgehead atoms. The summed E-state index contributed by atoms with van der Waals surface area (Å²) in [7, 11) is 0. The quantitative estimate of drug-likeness (QED) is 0.268. The second-order valence-corrected chi connectivity index (χ2v) is 7.47. The third-order valence-electron chi connectivity index (χ3n) is 4.98. The first-order valence-corrected chi connectivity index (χ1v) is 10.6. The van der Waals surface area contributed by atoms with Gasteiger partial charge in [-0.2, -0.15) is 0 Å². The molecule has 0 aromatic rings. The molecule has 2 atom stereocenters. The van der Waals surface area contributed by atoms with Crippen LogP contribution in [0.25, 0.3) is 0 Å². The Balaban J connectivity index is 3.15. The molecule has 25 heavy (non-hydrogen) atoms. The highest BCUT2D eigenvalue weighted by Gasteiger charge is 2.07. The number of unbranched alkanes of at least 4 members (excludes halogenated alkanes) is 11. The van der Waals surface area contributed by atoms with Gasteiger partial charge in [-0.05, 0) is 32.1 Å². The Bertz CT molecular complexity index is 294. The van der Waals surface area contributed by atoms with Crippen LogP contribution in [0.2, 0.25) is 0 Å². The van der Waals surface area contributed by atoms with E-state index in [4.69, 9.17) is 5.11 Å². The molecule has 0 saturated carbocycles. The number of carbonyl (C=O) groups is 1. The number of aliphatic carboxylic acids is 1. The van der Waals surface area contributed by atoms with Gasteiger partial charge < -0.3 is 15.3 Å². The fraction of sp³-hybridized carbons (Fsp3) is 0.952. The molecule has 4 heteroatoms. The minimum atomic E-state index is -0.676. The van der Waals surface area contributed by atoms with E-state index in [-0.39, 0.29) is 12.2 Å². The monoisotopic (exact) mass is 358 g/mol. The lowest BCUT2D eigenvalue weighted by molar-refractivity contribution is -0.137. The van der Waals surface area contributed by atoms with Crippen LogP contribution in [0.3, 0.4) is 0 Å². The standard InChI is InChI=1S/C21H42O4/c1-2-19(22)17-18-20(23)15-13-11-9-7-5-3-4-6-8-10-12-14-16-21(24)25/h19-20,22-23H,2-18H2,1H3,(H,24,25). The molecular weight excluding hydrogens is 316 g/mol. The molecule has 0 aliphatic rings. The van der Waals surface area contributed by atoms with Crippen molar-refractivity contribution in [2.75, 3.05) is 0 Å². The van der Waals surface area contributed by atoms with Crippen LogP contribution < -0.4 is 0 Å². The van der Waals surface area contributed by atoms with Crippen LogP contribution in [0.4, 0.5) is 0 Å². The zero-order chi connectivity index (χ0) is 18.8. The minimum absolute atomic E-state index is 0.239. The Labute approximate surface area is 155 Å². The Kier molecular flexibility index (Phi) is 17.7. The Hall–Kier alpha value is -0.610. The van der Waals surface area contributed by atoms with Crippen molar-refractivity contribution in [1.82, 2.24) is 0 Å². The van der Waals surface area contributed by atoms with Crippen LogP contribution in [-0.2, 0) is 4.79 Å². The van der Waals surface area contributed by atoms with Crippen LogP contribution >= 0.6 is 0 Å². The largest absolute Gasteiger partial charge is 0.481 e. The number of rotatable bonds is 19. The molecule has 4 nitrogen and oxygen atoms in total. The first kappa shape index (κ1) is 24.4. The van der Waals surface area contributed by atoms with Gasteiger partial charge in [0.2, 0.25) is 0 Å². The van der Waals surface area contributed by atoms with Crippen molar-refractivity contribution in [2.24, 2.45) is 0 Å². The van der Waals surface area contributed by atoms with E-state index >= 15 is 0 Å². The number of aliphatic hydroxyl groups is 2. The van der Waals surface area contributed by atoms with Crippen LogP contribution in [-0.4, -0.2) is 33.5 Å². The highest BCUT2D eigenvalue weighted by atomic mass is 16.4. The molecule has 0 saturated heterocycles. The number of hydrogen-bond donors (Lipinski definition) is 3. The third kappa shape index (κ3) is 19.6. The fourth-order valence-corrected chi connectivity index (χ4v) is 3.16. The topological polar surface area (TPSA) is 77.8 Å². The van der Waals surface area contributed by atoms with Crippen molar-refractivity contribution >= 4 is 5.97 Å². The maximum absolute atomic E-state index is 10.4. The maximum atomic E-state index is 10.4. The Morgan fingerprint density at radius 3 is 1.48 bits per heavy atom. The molecule has 0 aliphatic heterocycles. The first-order chi connectivity index (χ1) is 12.1. The zero-order valence-corrected chi connectivity index (χ0v) is 16.4. The summed E-state index contributed by atoms with van der Waals surface area (Å²) in [4.78, 5) is 10.4. The van der Waals surface area contributed by atoms with E-state index in [1.807, 2.05) is 6.92 Å². The summed E-state index contributed by atoms with van der Waals surface area (Å²) in [6.45, 7) is 1.97. The highest BCUT2D eigenvalue weighted by Crippen LogP contribution is 2.15. The second-order valence-electron chi connectivity index (χ2n) is 7.47. The van der Waals surface area contributed by atoms with Gasteiger partial charge in [0.05, 0.1) is 12.2 Å². The van der Waals surface area contributed by atoms with Crippen LogP contribution in [0.1, 0.15) is 116 Å². The van der Waals surface area contributed by atoms with E-state index < -0.39 is 5.97 Å². The normalized spacial score (nSPS) is 13.7. The summed E-state index contributed by atoms with van der Waals surface area (Å²) in [6.07, 6.45) is 17.3. The van der Waals surface area contributed by atoms with Gasteiger partial charge in [0.1, 0.15) is 0 Å². The molecule has 2 unspecified atom stereocenters. The SMILES string of the molecule is CCC(O)CCC(O)CCCCCCCCCCCCCCC(=O)O. The lowest BCUT2D eigenvalue weighted by Gasteiger charge is -2.12. The summed E-state index contributed by atoms with van der Waals surface area (Å²) < 4.78 is 0. The number of carboxylic acid groups (broad SMARTS) is 1. The van der Waals surface area contributed by atoms with Crippen molar-refractivity contribution in [3.8, 4) is 0 Å². The van der Waals surface area contributed by atoms with E-state index in [1.165, 1.54) is 57.8 Å². The van der Waals surface area contributed by atoms with E-state index in [2.05, 4.69) is 0 Å². The van der Waals surface area contributed by atoms with Crippen molar-refractivity contribution in [2.45, 2.75) is 128 Å². The van der Waals surface area contributed by atoms with E-state index in [0.717, 1.165) is 44.9 Å². The predicted octanol–water partition coefficient (Wildman–Crippen LogP) is 5.44. The van der Waals surface area contributed by atoms with E-state index in [1.54, 1.807) is 0 Å². The summed E-state index contributed by atoms with van der Waals surface area (Å²) in [6, 6.07) is 0. The average Bonchev–Trinajstić information content (AvgIpc) is 2.59. The van der Waals surface area contributed by atoms with Gasteiger partial charge in [-0.3, -0.25) is 4.79 Å². The van der Waals surface area contributed by atoms with Gasteiger partial charge in [-0.15, -0.1) is 0 Å². The molecule has 0 rings (SSSR count). The zero-order valence-electron chi connectivity index (χ0n) is 16.4. The van der Waals surface area contributed by atoms with Gasteiger partial charge in [0, 0.05) is 6.42 Å². The van der Waals surface area contributed by atoms with Gasteiger partial charge in [-0.25, -0.2) is 0 Å². The van der Waals surface area contributed by atoms with Crippen LogP contribution in [0.5, 0.6) is 0 Å². The molecule has 3 N–H and O–H groups in total. The lowest BCUT2D eigenvalue weighted by Crippen LogP contribution is -2.12. The molecule has 0 amide bonds. The summed E-state index contributed by atoms with van der Waals surface area (Å²) in [5, 5.41) is 27.9. The van der Waals surface area contributed by atoms with Crippen molar-refractivity contribution in [1.29, 1.82) is 0 Å². The highest BCUT2D eigenvalue weighted by molar-refractivity contribution is 5.66. The lowest BCUT2D eigenvalue weighted by atomic mass is 10.0. The summed E-state index contributed by atoms with van der Waals surface area (Å²) in [5.74, 6) is -0.676. The summed E-state index contributed by atoms with van der Waals surface area (Å²) in [5.41, 5.74) is 0. The Morgan fingerprint density at radius 2 is 1.04 bits per heavy atom. The molecule has 0 aromatic heterocycles. The van der Waals surface area contributed by atoms with Gasteiger partial charge in [-0.1, -0.05) is 77.6 Å². The second kappa shape index (κ2) is 18.2.